The summed E-state index contributed by atoms with van der Waals surface area (Å²) in [6.07, 6.45) is 2.51. The van der Waals surface area contributed by atoms with E-state index in [1.807, 2.05) is 18.4 Å². The maximum atomic E-state index is 14.2. The molecule has 3 aromatic rings. The lowest BCUT2D eigenvalue weighted by Crippen LogP contribution is -2.32. The zero-order valence-corrected chi connectivity index (χ0v) is 17.1. The Morgan fingerprint density at radius 1 is 1.36 bits per heavy atom. The maximum Gasteiger partial charge on any atom is 0.233 e. The first-order chi connectivity index (χ1) is 13.6. The predicted octanol–water partition coefficient (Wildman–Crippen LogP) is 4.17. The number of hydrogen-bond acceptors (Lipinski definition) is 5. The molecular formula is C20H21FN4OS2. The van der Waals surface area contributed by atoms with E-state index in [1.165, 1.54) is 22.7 Å². The van der Waals surface area contributed by atoms with Gasteiger partial charge in [0.1, 0.15) is 5.82 Å². The second-order valence-corrected chi connectivity index (χ2v) is 8.41. The number of nitrogens with zero attached hydrogens (tertiary/aromatic N) is 3. The molecule has 0 saturated carbocycles. The molecule has 8 heteroatoms. The molecule has 3 rings (SSSR count). The highest BCUT2D eigenvalue weighted by molar-refractivity contribution is 8.00. The van der Waals surface area contributed by atoms with Crippen molar-refractivity contribution in [2.75, 3.05) is 6.54 Å². The second-order valence-electron chi connectivity index (χ2n) is 6.07. The van der Waals surface area contributed by atoms with E-state index in [0.29, 0.717) is 29.6 Å². The zero-order chi connectivity index (χ0) is 19.9. The average molecular weight is 417 g/mol. The molecule has 0 fully saturated rings. The van der Waals surface area contributed by atoms with E-state index in [2.05, 4.69) is 28.2 Å². The summed E-state index contributed by atoms with van der Waals surface area (Å²) in [4.78, 5) is 13.6. The Morgan fingerprint density at radius 3 is 2.89 bits per heavy atom. The van der Waals surface area contributed by atoms with E-state index in [1.54, 1.807) is 40.2 Å². The molecule has 1 unspecified atom stereocenters. The molecule has 1 aromatic carbocycles. The van der Waals surface area contributed by atoms with Gasteiger partial charge < -0.3 is 5.32 Å². The SMILES string of the molecule is C=CCn1c(SC(C)C(=O)NCCc2cccs2)nnc1-c1ccccc1F. The topological polar surface area (TPSA) is 59.8 Å². The Bertz CT molecular complexity index is 940. The Morgan fingerprint density at radius 2 is 2.18 bits per heavy atom. The number of rotatable bonds is 9. The van der Waals surface area contributed by atoms with Crippen LogP contribution < -0.4 is 5.32 Å². The van der Waals surface area contributed by atoms with Crippen LogP contribution in [0, 0.1) is 5.82 Å². The molecule has 0 aliphatic rings. The van der Waals surface area contributed by atoms with Gasteiger partial charge in [0.2, 0.25) is 5.91 Å². The monoisotopic (exact) mass is 416 g/mol. The lowest BCUT2D eigenvalue weighted by atomic mass is 10.2. The summed E-state index contributed by atoms with van der Waals surface area (Å²) in [6.45, 7) is 6.59. The van der Waals surface area contributed by atoms with Gasteiger partial charge in [-0.05, 0) is 36.9 Å². The summed E-state index contributed by atoms with van der Waals surface area (Å²) in [5.74, 6) is -0.0101. The summed E-state index contributed by atoms with van der Waals surface area (Å²) in [6, 6.07) is 10.5. The molecule has 0 aliphatic carbocycles. The van der Waals surface area contributed by atoms with E-state index in [9.17, 15) is 9.18 Å². The highest BCUT2D eigenvalue weighted by Gasteiger charge is 2.21. The molecule has 2 heterocycles. The Kier molecular flexibility index (Phi) is 7.00. The minimum absolute atomic E-state index is 0.0675. The van der Waals surface area contributed by atoms with Crippen LogP contribution in [0.2, 0.25) is 0 Å². The Hall–Kier alpha value is -2.45. The van der Waals surface area contributed by atoms with E-state index in [4.69, 9.17) is 0 Å². The number of thioether (sulfide) groups is 1. The third kappa shape index (κ3) is 4.88. The first kappa shape index (κ1) is 20.3. The first-order valence-corrected chi connectivity index (χ1v) is 10.6. The standard InChI is InChI=1S/C20H21FN4OS2/c1-3-12-25-18(16-8-4-5-9-17(16)21)23-24-20(25)28-14(2)19(26)22-11-10-15-7-6-13-27-15/h3-9,13-14H,1,10-12H2,2H3,(H,22,26). The van der Waals surface area contributed by atoms with Crippen LogP contribution in [-0.4, -0.2) is 32.5 Å². The van der Waals surface area contributed by atoms with E-state index < -0.39 is 0 Å². The molecule has 0 saturated heterocycles. The summed E-state index contributed by atoms with van der Waals surface area (Å²) in [7, 11) is 0. The van der Waals surface area contributed by atoms with Gasteiger partial charge in [-0.1, -0.05) is 36.0 Å². The smallest absolute Gasteiger partial charge is 0.233 e. The maximum absolute atomic E-state index is 14.2. The van der Waals surface area contributed by atoms with E-state index >= 15 is 0 Å². The lowest BCUT2D eigenvalue weighted by Gasteiger charge is -2.13. The number of carbonyl (C=O) groups excluding carboxylic acids is 1. The molecule has 0 aliphatic heterocycles. The first-order valence-electron chi connectivity index (χ1n) is 8.86. The Balaban J connectivity index is 1.68. The van der Waals surface area contributed by atoms with Gasteiger partial charge in [-0.15, -0.1) is 28.1 Å². The fourth-order valence-corrected chi connectivity index (χ4v) is 4.22. The average Bonchev–Trinajstić information content (AvgIpc) is 3.33. The second kappa shape index (κ2) is 9.66. The van der Waals surface area contributed by atoms with Crippen molar-refractivity contribution < 1.29 is 9.18 Å². The fourth-order valence-electron chi connectivity index (χ4n) is 2.63. The van der Waals surface area contributed by atoms with Crippen molar-refractivity contribution in [1.29, 1.82) is 0 Å². The number of amides is 1. The fraction of sp³-hybridized carbons (Fsp3) is 0.250. The van der Waals surface area contributed by atoms with Crippen LogP contribution in [0.1, 0.15) is 11.8 Å². The number of nitrogens with one attached hydrogen (secondary N) is 1. The molecule has 0 radical (unpaired) electrons. The van der Waals surface area contributed by atoms with Crippen LogP contribution in [0.4, 0.5) is 4.39 Å². The molecule has 1 N–H and O–H groups in total. The summed E-state index contributed by atoms with van der Waals surface area (Å²) in [5, 5.41) is 13.5. The van der Waals surface area contributed by atoms with Crippen molar-refractivity contribution in [3.63, 3.8) is 0 Å². The molecule has 1 amide bonds. The Labute approximate surface area is 171 Å². The van der Waals surface area contributed by atoms with Gasteiger partial charge >= 0.3 is 0 Å². The van der Waals surface area contributed by atoms with Gasteiger partial charge in [-0.25, -0.2) is 4.39 Å². The van der Waals surface area contributed by atoms with Crippen LogP contribution in [0.25, 0.3) is 11.4 Å². The van der Waals surface area contributed by atoms with Gasteiger partial charge in [0.15, 0.2) is 11.0 Å². The van der Waals surface area contributed by atoms with Crippen LogP contribution in [0.5, 0.6) is 0 Å². The summed E-state index contributed by atoms with van der Waals surface area (Å²) in [5.41, 5.74) is 0.372. The van der Waals surface area contributed by atoms with Crippen LogP contribution in [0.15, 0.2) is 59.6 Å². The molecule has 0 spiro atoms. The van der Waals surface area contributed by atoms with Crippen molar-refractivity contribution in [3.05, 3.63) is 65.1 Å². The molecular weight excluding hydrogens is 395 g/mol. The van der Waals surface area contributed by atoms with Gasteiger partial charge in [-0.3, -0.25) is 9.36 Å². The molecule has 28 heavy (non-hydrogen) atoms. The van der Waals surface area contributed by atoms with E-state index in [0.717, 1.165) is 6.42 Å². The number of aromatic nitrogens is 3. The highest BCUT2D eigenvalue weighted by atomic mass is 32.2. The van der Waals surface area contributed by atoms with Gasteiger partial charge in [0.25, 0.3) is 0 Å². The molecule has 146 valence electrons. The quantitative estimate of drug-likeness (QED) is 0.420. The van der Waals surface area contributed by atoms with Gasteiger partial charge in [0, 0.05) is 18.0 Å². The van der Waals surface area contributed by atoms with Crippen LogP contribution >= 0.6 is 23.1 Å². The number of benzene rings is 1. The van der Waals surface area contributed by atoms with Crippen molar-refractivity contribution >= 4 is 29.0 Å². The number of hydrogen-bond donors (Lipinski definition) is 1. The van der Waals surface area contributed by atoms with Crippen molar-refractivity contribution in [3.8, 4) is 11.4 Å². The molecule has 2 aromatic heterocycles. The normalized spacial score (nSPS) is 11.9. The van der Waals surface area contributed by atoms with Gasteiger partial charge in [-0.2, -0.15) is 0 Å². The third-order valence-corrected chi connectivity index (χ3v) is 6.06. The molecule has 0 bridgehead atoms. The number of thiophene rings is 1. The zero-order valence-electron chi connectivity index (χ0n) is 15.5. The predicted molar refractivity (Wildman–Crippen MR) is 112 cm³/mol. The third-order valence-electron chi connectivity index (χ3n) is 4.05. The summed E-state index contributed by atoms with van der Waals surface area (Å²) < 4.78 is 15.9. The minimum Gasteiger partial charge on any atom is -0.355 e. The van der Waals surface area contributed by atoms with Crippen molar-refractivity contribution in [2.45, 2.75) is 30.3 Å². The highest BCUT2D eigenvalue weighted by Crippen LogP contribution is 2.28. The van der Waals surface area contributed by atoms with Gasteiger partial charge in [0.05, 0.1) is 10.8 Å². The number of allylic oxidation sites excluding steroid dienone is 1. The van der Waals surface area contributed by atoms with Crippen molar-refractivity contribution in [1.82, 2.24) is 20.1 Å². The molecule has 5 nitrogen and oxygen atoms in total. The van der Waals surface area contributed by atoms with Crippen LogP contribution in [-0.2, 0) is 17.8 Å². The molecule has 1 atom stereocenters. The largest absolute Gasteiger partial charge is 0.355 e. The van der Waals surface area contributed by atoms with E-state index in [-0.39, 0.29) is 17.0 Å². The number of halogens is 1. The number of carbonyl (C=O) groups is 1. The lowest BCUT2D eigenvalue weighted by molar-refractivity contribution is -0.120. The minimum atomic E-state index is -0.365. The summed E-state index contributed by atoms with van der Waals surface area (Å²) >= 11 is 2.97. The van der Waals surface area contributed by atoms with Crippen LogP contribution in [0.3, 0.4) is 0 Å². The van der Waals surface area contributed by atoms with Crippen molar-refractivity contribution in [2.24, 2.45) is 0 Å².